The fourth-order valence-electron chi connectivity index (χ4n) is 0.438. The number of nitrogens with zero attached hydrogens (tertiary/aromatic N) is 1. The molecule has 0 radical (unpaired) electrons. The largest absolute Gasteiger partial charge is 0.313 e. The van der Waals surface area contributed by atoms with Crippen LogP contribution in [0.1, 0.15) is 20.8 Å². The first-order valence-electron chi connectivity index (χ1n) is 3.87. The summed E-state index contributed by atoms with van der Waals surface area (Å²) in [4.78, 5) is 2.11. The number of hydrogen-bond donors (Lipinski definition) is 0. The van der Waals surface area contributed by atoms with Gasteiger partial charge in [0.1, 0.15) is 0 Å². The lowest BCUT2D eigenvalue weighted by Gasteiger charge is -2.17. The van der Waals surface area contributed by atoms with E-state index in [1.165, 1.54) is 0 Å². The first-order valence-corrected chi connectivity index (χ1v) is 4.61. The lowest BCUT2D eigenvalue weighted by Crippen LogP contribution is -2.18. The molecule has 2 nitrogen and oxygen atoms in total. The van der Waals surface area contributed by atoms with Crippen molar-refractivity contribution in [1.29, 1.82) is 0 Å². The van der Waals surface area contributed by atoms with Gasteiger partial charge in [-0.05, 0) is 46.9 Å². The molecular weight excluding hydrogens is 158 g/mol. The summed E-state index contributed by atoms with van der Waals surface area (Å²) in [5.74, 6) is 0. The lowest BCUT2D eigenvalue weighted by atomic mass is 10.3. The number of hydrogen-bond acceptors (Lipinski definition) is 3. The fraction of sp³-hybridized carbons (Fsp3) is 1.00. The highest BCUT2D eigenvalue weighted by Crippen LogP contribution is 2.23. The Morgan fingerprint density at radius 3 is 2.18 bits per heavy atom. The van der Waals surface area contributed by atoms with E-state index >= 15 is 0 Å². The Morgan fingerprint density at radius 1 is 1.27 bits per heavy atom. The van der Waals surface area contributed by atoms with E-state index in [1.54, 1.807) is 12.0 Å². The van der Waals surface area contributed by atoms with Crippen molar-refractivity contribution in [2.45, 2.75) is 25.5 Å². The van der Waals surface area contributed by atoms with Gasteiger partial charge in [-0.3, -0.25) is 0 Å². The Kier molecular flexibility index (Phi) is 5.13. The van der Waals surface area contributed by atoms with Crippen LogP contribution in [0.25, 0.3) is 0 Å². The fourth-order valence-corrected chi connectivity index (χ4v) is 0.950. The molecule has 0 aromatic heterocycles. The molecule has 0 fully saturated rings. The second-order valence-corrected chi connectivity index (χ2v) is 5.45. The van der Waals surface area contributed by atoms with E-state index in [-0.39, 0.29) is 4.75 Å². The molecule has 0 aliphatic rings. The van der Waals surface area contributed by atoms with Crippen molar-refractivity contribution in [1.82, 2.24) is 4.90 Å². The normalized spacial score (nSPS) is 12.5. The molecule has 0 aliphatic carbocycles. The van der Waals surface area contributed by atoms with Crippen LogP contribution in [0, 0.1) is 0 Å². The molecule has 11 heavy (non-hydrogen) atoms. The van der Waals surface area contributed by atoms with E-state index in [0.29, 0.717) is 0 Å². The van der Waals surface area contributed by atoms with Gasteiger partial charge in [-0.1, -0.05) is 0 Å². The molecule has 0 atom stereocenters. The van der Waals surface area contributed by atoms with Gasteiger partial charge in [0.25, 0.3) is 0 Å². The first kappa shape index (κ1) is 11.3. The second-order valence-electron chi connectivity index (χ2n) is 3.82. The Labute approximate surface area is 74.5 Å². The molecule has 0 unspecified atom stereocenters. The van der Waals surface area contributed by atoms with Gasteiger partial charge in [-0.15, -0.1) is 0 Å². The van der Waals surface area contributed by atoms with Gasteiger partial charge in [-0.2, -0.15) is 0 Å². The van der Waals surface area contributed by atoms with Crippen LogP contribution in [0.3, 0.4) is 0 Å². The highest BCUT2D eigenvalue weighted by atomic mass is 32.2. The highest BCUT2D eigenvalue weighted by molar-refractivity contribution is 7.96. The van der Waals surface area contributed by atoms with Crippen molar-refractivity contribution in [2.75, 3.05) is 27.2 Å². The summed E-state index contributed by atoms with van der Waals surface area (Å²) in [7, 11) is 4.09. The van der Waals surface area contributed by atoms with E-state index in [1.807, 2.05) is 14.1 Å². The third-order valence-corrected chi connectivity index (χ3v) is 1.72. The van der Waals surface area contributed by atoms with Crippen molar-refractivity contribution in [3.05, 3.63) is 0 Å². The predicted molar refractivity (Wildman–Crippen MR) is 51.9 cm³/mol. The molecule has 0 spiro atoms. The van der Waals surface area contributed by atoms with Crippen LogP contribution in [0.5, 0.6) is 0 Å². The van der Waals surface area contributed by atoms with Crippen molar-refractivity contribution in [3.63, 3.8) is 0 Å². The Balaban J connectivity index is 3.15. The van der Waals surface area contributed by atoms with E-state index in [4.69, 9.17) is 4.18 Å². The van der Waals surface area contributed by atoms with Gasteiger partial charge >= 0.3 is 0 Å². The minimum absolute atomic E-state index is 0.215. The number of rotatable bonds is 4. The van der Waals surface area contributed by atoms with E-state index in [2.05, 4.69) is 25.7 Å². The van der Waals surface area contributed by atoms with Crippen molar-refractivity contribution in [3.8, 4) is 0 Å². The van der Waals surface area contributed by atoms with Crippen molar-refractivity contribution >= 4 is 12.0 Å². The van der Waals surface area contributed by atoms with Crippen LogP contribution < -0.4 is 0 Å². The average molecular weight is 177 g/mol. The SMILES string of the molecule is CN(C)CCOSC(C)(C)C. The smallest absolute Gasteiger partial charge is 0.0741 e. The molecule has 3 heteroatoms. The van der Waals surface area contributed by atoms with Gasteiger partial charge in [0.05, 0.1) is 6.61 Å². The zero-order valence-corrected chi connectivity index (χ0v) is 8.99. The van der Waals surface area contributed by atoms with Crippen LogP contribution in [-0.4, -0.2) is 36.9 Å². The summed E-state index contributed by atoms with van der Waals surface area (Å²) >= 11 is 1.55. The predicted octanol–water partition coefficient (Wildman–Crippen LogP) is 2.01. The molecule has 0 bridgehead atoms. The zero-order valence-electron chi connectivity index (χ0n) is 8.18. The highest BCUT2D eigenvalue weighted by Gasteiger charge is 2.10. The molecule has 0 aromatic carbocycles. The van der Waals surface area contributed by atoms with Crippen molar-refractivity contribution < 1.29 is 4.18 Å². The van der Waals surface area contributed by atoms with Crippen LogP contribution in [-0.2, 0) is 4.18 Å². The Hall–Kier alpha value is 0.270. The molecular formula is C8H19NOS. The molecule has 0 aliphatic heterocycles. The average Bonchev–Trinajstić information content (AvgIpc) is 1.78. The third kappa shape index (κ3) is 10.3. The van der Waals surface area contributed by atoms with Crippen LogP contribution in [0.4, 0.5) is 0 Å². The van der Waals surface area contributed by atoms with Crippen LogP contribution in [0.15, 0.2) is 0 Å². The summed E-state index contributed by atoms with van der Waals surface area (Å²) in [6, 6.07) is 0. The summed E-state index contributed by atoms with van der Waals surface area (Å²) in [5, 5.41) is 0. The molecule has 0 amide bonds. The minimum atomic E-state index is 0.215. The summed E-state index contributed by atoms with van der Waals surface area (Å²) in [5.41, 5.74) is 0. The van der Waals surface area contributed by atoms with Gasteiger partial charge in [0, 0.05) is 11.3 Å². The first-order chi connectivity index (χ1) is 4.92. The van der Waals surface area contributed by atoms with Gasteiger partial charge < -0.3 is 9.08 Å². The molecule has 0 heterocycles. The van der Waals surface area contributed by atoms with Gasteiger partial charge in [0.15, 0.2) is 0 Å². The Morgan fingerprint density at radius 2 is 1.82 bits per heavy atom. The van der Waals surface area contributed by atoms with Gasteiger partial charge in [-0.25, -0.2) is 0 Å². The molecule has 0 rings (SSSR count). The quantitative estimate of drug-likeness (QED) is 0.481. The summed E-state index contributed by atoms with van der Waals surface area (Å²) < 4.78 is 5.60. The van der Waals surface area contributed by atoms with E-state index < -0.39 is 0 Å². The standard InChI is InChI=1S/C8H19NOS/c1-8(2,3)11-10-7-6-9(4)5/h6-7H2,1-5H3. The maximum Gasteiger partial charge on any atom is 0.0741 e. The molecule has 0 saturated heterocycles. The van der Waals surface area contributed by atoms with E-state index in [0.717, 1.165) is 13.2 Å². The monoisotopic (exact) mass is 177 g/mol. The van der Waals surface area contributed by atoms with Crippen LogP contribution in [0.2, 0.25) is 0 Å². The van der Waals surface area contributed by atoms with Crippen LogP contribution >= 0.6 is 12.0 Å². The topological polar surface area (TPSA) is 12.5 Å². The molecule has 68 valence electrons. The maximum atomic E-state index is 5.38. The second kappa shape index (κ2) is 5.01. The number of likely N-dealkylation sites (N-methyl/N-ethyl adjacent to an activating group) is 1. The van der Waals surface area contributed by atoms with E-state index in [9.17, 15) is 0 Å². The van der Waals surface area contributed by atoms with Crippen molar-refractivity contribution in [2.24, 2.45) is 0 Å². The summed E-state index contributed by atoms with van der Waals surface area (Å²) in [6.07, 6.45) is 0. The minimum Gasteiger partial charge on any atom is -0.313 e. The Bertz CT molecular complexity index is 98.8. The zero-order chi connectivity index (χ0) is 8.91. The molecule has 0 N–H and O–H groups in total. The lowest BCUT2D eigenvalue weighted by molar-refractivity contribution is 0.290. The van der Waals surface area contributed by atoms with Gasteiger partial charge in [0.2, 0.25) is 0 Å². The summed E-state index contributed by atoms with van der Waals surface area (Å²) in [6.45, 7) is 8.23. The molecule has 0 aromatic rings. The maximum absolute atomic E-state index is 5.38. The third-order valence-electron chi connectivity index (χ3n) is 0.931. The molecule has 0 saturated carbocycles.